The Morgan fingerprint density at radius 1 is 1.04 bits per heavy atom. The van der Waals surface area contributed by atoms with E-state index in [2.05, 4.69) is 10.3 Å². The first-order chi connectivity index (χ1) is 13.5. The van der Waals surface area contributed by atoms with Crippen LogP contribution in [0, 0.1) is 6.92 Å². The number of pyridine rings is 1. The van der Waals surface area contributed by atoms with E-state index in [4.69, 9.17) is 4.74 Å². The van der Waals surface area contributed by atoms with Gasteiger partial charge in [-0.1, -0.05) is 55.5 Å². The highest BCUT2D eigenvalue weighted by Crippen LogP contribution is 2.20. The minimum absolute atomic E-state index is 0.167. The van der Waals surface area contributed by atoms with Gasteiger partial charge in [-0.15, -0.1) is 0 Å². The van der Waals surface area contributed by atoms with E-state index in [0.717, 1.165) is 16.8 Å². The van der Waals surface area contributed by atoms with Gasteiger partial charge < -0.3 is 10.1 Å². The number of rotatable bonds is 6. The summed E-state index contributed by atoms with van der Waals surface area (Å²) in [4.78, 5) is 29.5. The van der Waals surface area contributed by atoms with Gasteiger partial charge in [-0.2, -0.15) is 0 Å². The SMILES string of the molecule is Cc1cc(C(=O)O[C@@H](C)C(=O)NC[C@H](C)c2ccccc2)c2ccccc2n1. The lowest BCUT2D eigenvalue weighted by molar-refractivity contribution is -0.129. The van der Waals surface area contributed by atoms with E-state index in [0.29, 0.717) is 17.5 Å². The summed E-state index contributed by atoms with van der Waals surface area (Å²) in [5.41, 5.74) is 3.01. The van der Waals surface area contributed by atoms with Crippen LogP contribution in [-0.2, 0) is 9.53 Å². The Hall–Kier alpha value is -3.21. The number of amides is 1. The Morgan fingerprint density at radius 3 is 2.46 bits per heavy atom. The first-order valence-corrected chi connectivity index (χ1v) is 9.35. The second kappa shape index (κ2) is 8.65. The van der Waals surface area contributed by atoms with Gasteiger partial charge in [0.05, 0.1) is 11.1 Å². The van der Waals surface area contributed by atoms with Gasteiger partial charge in [0.2, 0.25) is 0 Å². The summed E-state index contributed by atoms with van der Waals surface area (Å²) in [5.74, 6) is -0.675. The number of nitrogens with one attached hydrogen (secondary N) is 1. The van der Waals surface area contributed by atoms with E-state index in [1.54, 1.807) is 13.0 Å². The van der Waals surface area contributed by atoms with E-state index in [1.165, 1.54) is 0 Å². The highest BCUT2D eigenvalue weighted by atomic mass is 16.5. The molecule has 144 valence electrons. The summed E-state index contributed by atoms with van der Waals surface area (Å²) in [6, 6.07) is 19.0. The van der Waals surface area contributed by atoms with Crippen molar-refractivity contribution >= 4 is 22.8 Å². The van der Waals surface area contributed by atoms with Gasteiger partial charge in [-0.05, 0) is 37.5 Å². The maximum absolute atomic E-state index is 12.7. The number of benzene rings is 2. The number of nitrogens with zero attached hydrogens (tertiary/aromatic N) is 1. The molecule has 0 unspecified atom stereocenters. The summed E-state index contributed by atoms with van der Waals surface area (Å²) in [6.07, 6.45) is -0.886. The summed E-state index contributed by atoms with van der Waals surface area (Å²) < 4.78 is 5.42. The lowest BCUT2D eigenvalue weighted by Gasteiger charge is -2.17. The quantitative estimate of drug-likeness (QED) is 0.660. The Labute approximate surface area is 164 Å². The fourth-order valence-corrected chi connectivity index (χ4v) is 3.05. The molecule has 0 radical (unpaired) electrons. The smallest absolute Gasteiger partial charge is 0.339 e. The van der Waals surface area contributed by atoms with Gasteiger partial charge in [-0.25, -0.2) is 4.79 Å². The Balaban J connectivity index is 1.63. The summed E-state index contributed by atoms with van der Waals surface area (Å²) in [5, 5.41) is 3.57. The van der Waals surface area contributed by atoms with Crippen molar-refractivity contribution in [2.75, 3.05) is 6.54 Å². The number of aryl methyl sites for hydroxylation is 1. The molecule has 1 aromatic heterocycles. The van der Waals surface area contributed by atoms with E-state index >= 15 is 0 Å². The molecule has 2 atom stereocenters. The molecule has 0 aliphatic rings. The Kier molecular flexibility index (Phi) is 6.04. The predicted molar refractivity (Wildman–Crippen MR) is 109 cm³/mol. The third-order valence-corrected chi connectivity index (χ3v) is 4.67. The van der Waals surface area contributed by atoms with Crippen LogP contribution in [0.3, 0.4) is 0 Å². The van der Waals surface area contributed by atoms with Crippen molar-refractivity contribution in [3.05, 3.63) is 77.5 Å². The van der Waals surface area contributed by atoms with Gasteiger partial charge in [0.1, 0.15) is 0 Å². The maximum atomic E-state index is 12.7. The van der Waals surface area contributed by atoms with Crippen LogP contribution in [0.5, 0.6) is 0 Å². The monoisotopic (exact) mass is 376 g/mol. The number of hydrogen-bond acceptors (Lipinski definition) is 4. The van der Waals surface area contributed by atoms with Crippen LogP contribution < -0.4 is 5.32 Å². The van der Waals surface area contributed by atoms with Crippen molar-refractivity contribution in [3.8, 4) is 0 Å². The third-order valence-electron chi connectivity index (χ3n) is 4.67. The summed E-state index contributed by atoms with van der Waals surface area (Å²) in [6.45, 7) is 5.92. The predicted octanol–water partition coefficient (Wildman–Crippen LogP) is 4.01. The molecule has 2 aromatic carbocycles. The standard InChI is InChI=1S/C23H24N2O3/c1-15(18-9-5-4-6-10-18)14-24-22(26)17(3)28-23(27)20-13-16(2)25-21-12-8-7-11-19(20)21/h4-13,15,17H,14H2,1-3H3,(H,24,26)/t15-,17-/m0/s1. The van der Waals surface area contributed by atoms with Crippen LogP contribution in [0.4, 0.5) is 0 Å². The van der Waals surface area contributed by atoms with Crippen molar-refractivity contribution in [2.24, 2.45) is 0 Å². The highest BCUT2D eigenvalue weighted by Gasteiger charge is 2.21. The second-order valence-corrected chi connectivity index (χ2v) is 6.93. The lowest BCUT2D eigenvalue weighted by atomic mass is 10.0. The Bertz CT molecular complexity index is 986. The largest absolute Gasteiger partial charge is 0.449 e. The number of carbonyl (C=O) groups excluding carboxylic acids is 2. The summed E-state index contributed by atoms with van der Waals surface area (Å²) >= 11 is 0. The number of para-hydroxylation sites is 1. The molecule has 1 N–H and O–H groups in total. The number of aromatic nitrogens is 1. The fourth-order valence-electron chi connectivity index (χ4n) is 3.05. The topological polar surface area (TPSA) is 68.3 Å². The number of fused-ring (bicyclic) bond motifs is 1. The van der Waals surface area contributed by atoms with Crippen LogP contribution in [0.2, 0.25) is 0 Å². The Morgan fingerprint density at radius 2 is 1.71 bits per heavy atom. The van der Waals surface area contributed by atoms with Crippen molar-refractivity contribution in [2.45, 2.75) is 32.8 Å². The zero-order valence-corrected chi connectivity index (χ0v) is 16.3. The molecule has 5 nitrogen and oxygen atoms in total. The molecule has 0 saturated heterocycles. The third kappa shape index (κ3) is 4.55. The molecule has 1 amide bonds. The van der Waals surface area contributed by atoms with E-state index in [-0.39, 0.29) is 11.8 Å². The molecule has 0 fully saturated rings. The second-order valence-electron chi connectivity index (χ2n) is 6.93. The fraction of sp³-hybridized carbons (Fsp3) is 0.261. The summed E-state index contributed by atoms with van der Waals surface area (Å²) in [7, 11) is 0. The van der Waals surface area contributed by atoms with Crippen LogP contribution in [0.25, 0.3) is 10.9 Å². The molecular weight excluding hydrogens is 352 g/mol. The molecular formula is C23H24N2O3. The van der Waals surface area contributed by atoms with E-state index < -0.39 is 12.1 Å². The average molecular weight is 376 g/mol. The van der Waals surface area contributed by atoms with Crippen molar-refractivity contribution in [1.29, 1.82) is 0 Å². The van der Waals surface area contributed by atoms with Gasteiger partial charge in [0.15, 0.2) is 6.10 Å². The first-order valence-electron chi connectivity index (χ1n) is 9.35. The minimum Gasteiger partial charge on any atom is -0.449 e. The highest BCUT2D eigenvalue weighted by molar-refractivity contribution is 6.04. The van der Waals surface area contributed by atoms with E-state index in [1.807, 2.05) is 68.4 Å². The molecule has 3 aromatic rings. The van der Waals surface area contributed by atoms with Crippen LogP contribution in [-0.4, -0.2) is 29.5 Å². The molecule has 3 rings (SSSR count). The molecule has 0 bridgehead atoms. The van der Waals surface area contributed by atoms with Crippen molar-refractivity contribution < 1.29 is 14.3 Å². The van der Waals surface area contributed by atoms with Gasteiger partial charge in [0, 0.05) is 17.6 Å². The van der Waals surface area contributed by atoms with Crippen molar-refractivity contribution in [1.82, 2.24) is 10.3 Å². The molecule has 1 heterocycles. The molecule has 5 heteroatoms. The molecule has 0 spiro atoms. The van der Waals surface area contributed by atoms with E-state index in [9.17, 15) is 9.59 Å². The zero-order chi connectivity index (χ0) is 20.1. The van der Waals surface area contributed by atoms with Crippen molar-refractivity contribution in [3.63, 3.8) is 0 Å². The lowest BCUT2D eigenvalue weighted by Crippen LogP contribution is -2.37. The van der Waals surface area contributed by atoms with Crippen LogP contribution in [0.15, 0.2) is 60.7 Å². The maximum Gasteiger partial charge on any atom is 0.339 e. The minimum atomic E-state index is -0.886. The zero-order valence-electron chi connectivity index (χ0n) is 16.3. The number of carbonyl (C=O) groups is 2. The van der Waals surface area contributed by atoms with Gasteiger partial charge >= 0.3 is 5.97 Å². The molecule has 28 heavy (non-hydrogen) atoms. The number of esters is 1. The van der Waals surface area contributed by atoms with Gasteiger partial charge in [-0.3, -0.25) is 9.78 Å². The average Bonchev–Trinajstić information content (AvgIpc) is 2.71. The molecule has 0 aliphatic heterocycles. The molecule has 0 saturated carbocycles. The van der Waals surface area contributed by atoms with Crippen LogP contribution in [0.1, 0.15) is 41.4 Å². The van der Waals surface area contributed by atoms with Gasteiger partial charge in [0.25, 0.3) is 5.91 Å². The normalized spacial score (nSPS) is 13.0. The number of hydrogen-bond donors (Lipinski definition) is 1. The molecule has 0 aliphatic carbocycles. The van der Waals surface area contributed by atoms with Crippen LogP contribution >= 0.6 is 0 Å². The first kappa shape index (κ1) is 19.5. The number of ether oxygens (including phenoxy) is 1.